The molecule has 2 aromatic rings. The fourth-order valence-electron chi connectivity index (χ4n) is 2.73. The van der Waals surface area contributed by atoms with Gasteiger partial charge in [0.1, 0.15) is 9.88 Å². The molecule has 1 atom stereocenters. The van der Waals surface area contributed by atoms with Crippen LogP contribution in [0.4, 0.5) is 0 Å². The average Bonchev–Trinajstić information content (AvgIpc) is 2.89. The van der Waals surface area contributed by atoms with Gasteiger partial charge in [-0.15, -0.1) is 11.3 Å². The predicted molar refractivity (Wildman–Crippen MR) is 84.4 cm³/mol. The van der Waals surface area contributed by atoms with E-state index in [4.69, 9.17) is 0 Å². The molecule has 0 saturated carbocycles. The Balaban J connectivity index is 1.86. The van der Waals surface area contributed by atoms with Gasteiger partial charge in [0.2, 0.25) is 0 Å². The summed E-state index contributed by atoms with van der Waals surface area (Å²) in [6, 6.07) is 3.86. The lowest BCUT2D eigenvalue weighted by atomic mass is 10.0. The van der Waals surface area contributed by atoms with Gasteiger partial charge in [0.15, 0.2) is 0 Å². The summed E-state index contributed by atoms with van der Waals surface area (Å²) in [5.41, 5.74) is 1.79. The molecule has 2 aromatic heterocycles. The molecule has 3 rings (SSSR count). The molecule has 0 spiro atoms. The van der Waals surface area contributed by atoms with Crippen molar-refractivity contribution >= 4 is 17.2 Å². The summed E-state index contributed by atoms with van der Waals surface area (Å²) < 4.78 is 0. The molecule has 3 heterocycles. The monoisotopic (exact) mass is 301 g/mol. The van der Waals surface area contributed by atoms with Gasteiger partial charge in [0.05, 0.1) is 5.69 Å². The predicted octanol–water partition coefficient (Wildman–Crippen LogP) is 3.39. The third kappa shape index (κ3) is 2.97. The van der Waals surface area contributed by atoms with E-state index in [1.807, 2.05) is 24.0 Å². The number of nitrogens with zero attached hydrogens (tertiary/aromatic N) is 3. The Labute approximate surface area is 128 Å². The van der Waals surface area contributed by atoms with E-state index in [0.29, 0.717) is 5.92 Å². The number of aromatic nitrogens is 2. The van der Waals surface area contributed by atoms with Crippen molar-refractivity contribution in [2.45, 2.75) is 26.7 Å². The van der Waals surface area contributed by atoms with E-state index in [-0.39, 0.29) is 5.91 Å². The number of amides is 1. The summed E-state index contributed by atoms with van der Waals surface area (Å²) >= 11 is 1.47. The topological polar surface area (TPSA) is 46.1 Å². The van der Waals surface area contributed by atoms with Crippen molar-refractivity contribution in [3.05, 3.63) is 35.1 Å². The number of likely N-dealkylation sites (tertiary alicyclic amines) is 1. The lowest BCUT2D eigenvalue weighted by Crippen LogP contribution is -2.39. The zero-order valence-electron chi connectivity index (χ0n) is 12.4. The first-order chi connectivity index (χ1) is 10.1. The zero-order chi connectivity index (χ0) is 14.8. The first kappa shape index (κ1) is 14.2. The van der Waals surface area contributed by atoms with Crippen molar-refractivity contribution in [1.82, 2.24) is 14.9 Å². The number of piperidine rings is 1. The van der Waals surface area contributed by atoms with Crippen LogP contribution in [0.1, 0.15) is 35.1 Å². The Morgan fingerprint density at radius 1 is 1.48 bits per heavy atom. The van der Waals surface area contributed by atoms with E-state index < -0.39 is 0 Å². The molecule has 1 fully saturated rings. The highest BCUT2D eigenvalue weighted by atomic mass is 32.1. The van der Waals surface area contributed by atoms with Crippen LogP contribution >= 0.6 is 11.3 Å². The molecular formula is C16H19N3OS. The van der Waals surface area contributed by atoms with Crippen LogP contribution in [-0.2, 0) is 0 Å². The quantitative estimate of drug-likeness (QED) is 0.854. The highest BCUT2D eigenvalue weighted by Gasteiger charge is 2.25. The van der Waals surface area contributed by atoms with Crippen LogP contribution < -0.4 is 0 Å². The van der Waals surface area contributed by atoms with Crippen molar-refractivity contribution in [2.75, 3.05) is 13.1 Å². The van der Waals surface area contributed by atoms with Gasteiger partial charge in [-0.3, -0.25) is 9.78 Å². The molecule has 0 aromatic carbocycles. The van der Waals surface area contributed by atoms with E-state index in [0.717, 1.165) is 40.7 Å². The Kier molecular flexibility index (Phi) is 4.01. The summed E-state index contributed by atoms with van der Waals surface area (Å²) in [7, 11) is 0. The molecule has 0 aliphatic carbocycles. The van der Waals surface area contributed by atoms with Gasteiger partial charge in [-0.05, 0) is 37.8 Å². The Hall–Kier alpha value is -1.75. The van der Waals surface area contributed by atoms with Gasteiger partial charge < -0.3 is 4.90 Å². The average molecular weight is 301 g/mol. The minimum Gasteiger partial charge on any atom is -0.338 e. The fourth-order valence-corrected chi connectivity index (χ4v) is 3.75. The summed E-state index contributed by atoms with van der Waals surface area (Å²) in [4.78, 5) is 24.1. The minimum atomic E-state index is 0.131. The third-order valence-electron chi connectivity index (χ3n) is 3.84. The lowest BCUT2D eigenvalue weighted by molar-refractivity contribution is 0.0687. The maximum absolute atomic E-state index is 12.7. The molecule has 0 bridgehead atoms. The maximum Gasteiger partial charge on any atom is 0.265 e. The van der Waals surface area contributed by atoms with Crippen molar-refractivity contribution in [3.63, 3.8) is 0 Å². The number of carbonyl (C=O) groups is 1. The van der Waals surface area contributed by atoms with Crippen LogP contribution in [-0.4, -0.2) is 33.9 Å². The number of pyridine rings is 1. The molecule has 0 N–H and O–H groups in total. The molecule has 1 unspecified atom stereocenters. The fraction of sp³-hybridized carbons (Fsp3) is 0.438. The minimum absolute atomic E-state index is 0.131. The smallest absolute Gasteiger partial charge is 0.265 e. The van der Waals surface area contributed by atoms with Crippen LogP contribution in [0.25, 0.3) is 10.6 Å². The normalized spacial score (nSPS) is 18.8. The molecule has 110 valence electrons. The van der Waals surface area contributed by atoms with Crippen LogP contribution in [0.3, 0.4) is 0 Å². The van der Waals surface area contributed by atoms with Gasteiger partial charge in [0.25, 0.3) is 5.91 Å². The highest BCUT2D eigenvalue weighted by Crippen LogP contribution is 2.29. The summed E-state index contributed by atoms with van der Waals surface area (Å²) in [6.07, 6.45) is 5.84. The van der Waals surface area contributed by atoms with Gasteiger partial charge in [-0.1, -0.05) is 6.92 Å². The number of rotatable bonds is 2. The van der Waals surface area contributed by atoms with Crippen molar-refractivity contribution in [1.29, 1.82) is 0 Å². The van der Waals surface area contributed by atoms with Gasteiger partial charge in [-0.2, -0.15) is 0 Å². The second kappa shape index (κ2) is 5.93. The first-order valence-corrected chi connectivity index (χ1v) is 8.14. The van der Waals surface area contributed by atoms with Crippen LogP contribution in [0.5, 0.6) is 0 Å². The van der Waals surface area contributed by atoms with E-state index in [2.05, 4.69) is 16.9 Å². The molecule has 5 heteroatoms. The molecule has 1 aliphatic heterocycles. The summed E-state index contributed by atoms with van der Waals surface area (Å²) in [6.45, 7) is 5.85. The van der Waals surface area contributed by atoms with Crippen molar-refractivity contribution < 1.29 is 4.79 Å². The SMILES string of the molecule is Cc1nc(-c2cccnc2)sc1C(=O)N1CCCC(C)C1. The molecule has 1 aliphatic rings. The lowest BCUT2D eigenvalue weighted by Gasteiger charge is -2.30. The van der Waals surface area contributed by atoms with Crippen molar-refractivity contribution in [2.24, 2.45) is 5.92 Å². The largest absolute Gasteiger partial charge is 0.338 e. The standard InChI is InChI=1S/C16H19N3OS/c1-11-5-4-8-19(10-11)16(20)14-12(2)18-15(21-14)13-6-3-7-17-9-13/h3,6-7,9,11H,4-5,8,10H2,1-2H3. The van der Waals surface area contributed by atoms with Crippen molar-refractivity contribution in [3.8, 4) is 10.6 Å². The number of carbonyl (C=O) groups excluding carboxylic acids is 1. The Morgan fingerprint density at radius 3 is 3.05 bits per heavy atom. The molecule has 1 amide bonds. The second-order valence-electron chi connectivity index (χ2n) is 5.67. The number of aryl methyl sites for hydroxylation is 1. The number of hydrogen-bond donors (Lipinski definition) is 0. The molecule has 0 radical (unpaired) electrons. The zero-order valence-corrected chi connectivity index (χ0v) is 13.2. The summed E-state index contributed by atoms with van der Waals surface area (Å²) in [5, 5.41) is 0.869. The van der Waals surface area contributed by atoms with Gasteiger partial charge in [-0.25, -0.2) is 4.98 Å². The van der Waals surface area contributed by atoms with E-state index in [1.54, 1.807) is 12.4 Å². The van der Waals surface area contributed by atoms with E-state index in [9.17, 15) is 4.79 Å². The Morgan fingerprint density at radius 2 is 2.33 bits per heavy atom. The third-order valence-corrected chi connectivity index (χ3v) is 5.04. The van der Waals surface area contributed by atoms with E-state index in [1.165, 1.54) is 17.8 Å². The number of hydrogen-bond acceptors (Lipinski definition) is 4. The maximum atomic E-state index is 12.7. The second-order valence-corrected chi connectivity index (χ2v) is 6.67. The molecule has 21 heavy (non-hydrogen) atoms. The van der Waals surface area contributed by atoms with E-state index >= 15 is 0 Å². The van der Waals surface area contributed by atoms with Crippen LogP contribution in [0, 0.1) is 12.8 Å². The van der Waals surface area contributed by atoms with Crippen LogP contribution in [0.15, 0.2) is 24.5 Å². The number of thiazole rings is 1. The Bertz CT molecular complexity index is 638. The molecule has 4 nitrogen and oxygen atoms in total. The van der Waals surface area contributed by atoms with Gasteiger partial charge in [0, 0.05) is 31.0 Å². The first-order valence-electron chi connectivity index (χ1n) is 7.32. The molecule has 1 saturated heterocycles. The van der Waals surface area contributed by atoms with Gasteiger partial charge >= 0.3 is 0 Å². The molecular weight excluding hydrogens is 282 g/mol. The highest BCUT2D eigenvalue weighted by molar-refractivity contribution is 7.17. The summed E-state index contributed by atoms with van der Waals surface area (Å²) in [5.74, 6) is 0.723. The van der Waals surface area contributed by atoms with Crippen LogP contribution in [0.2, 0.25) is 0 Å².